The second kappa shape index (κ2) is 5.39. The first-order valence-electron chi connectivity index (χ1n) is 4.81. The lowest BCUT2D eigenvalue weighted by Crippen LogP contribution is -2.22. The fourth-order valence-corrected chi connectivity index (χ4v) is 1.28. The van der Waals surface area contributed by atoms with E-state index in [1.54, 1.807) is 0 Å². The van der Waals surface area contributed by atoms with Crippen LogP contribution in [0.25, 0.3) is 0 Å². The van der Waals surface area contributed by atoms with Crippen molar-refractivity contribution in [3.63, 3.8) is 0 Å². The molecule has 0 aliphatic carbocycles. The van der Waals surface area contributed by atoms with Gasteiger partial charge in [0.2, 0.25) is 0 Å². The molecule has 5 heteroatoms. The Bertz CT molecular complexity index is 469. The highest BCUT2D eigenvalue weighted by Gasteiger charge is 2.32. The first kappa shape index (κ1) is 13.1. The van der Waals surface area contributed by atoms with E-state index in [2.05, 4.69) is 17.2 Å². The maximum atomic E-state index is 12.6. The molecule has 0 heterocycles. The molecule has 0 saturated carbocycles. The zero-order chi connectivity index (χ0) is 12.9. The molecular weight excluding hydrogens is 231 g/mol. The fraction of sp³-hybridized carbons (Fsp3) is 0.250. The van der Waals surface area contributed by atoms with Crippen LogP contribution < -0.4 is 5.32 Å². The van der Waals surface area contributed by atoms with Gasteiger partial charge in [-0.3, -0.25) is 4.79 Å². The van der Waals surface area contributed by atoms with Crippen LogP contribution in [-0.2, 0) is 17.5 Å². The summed E-state index contributed by atoms with van der Waals surface area (Å²) in [6, 6.07) is 5.09. The molecule has 0 unspecified atom stereocenters. The van der Waals surface area contributed by atoms with Crippen molar-refractivity contribution >= 4 is 5.91 Å². The van der Waals surface area contributed by atoms with Gasteiger partial charge in [0.1, 0.15) is 0 Å². The van der Waals surface area contributed by atoms with E-state index in [1.807, 2.05) is 0 Å². The highest BCUT2D eigenvalue weighted by atomic mass is 19.4. The van der Waals surface area contributed by atoms with Crippen LogP contribution in [0.1, 0.15) is 18.1 Å². The van der Waals surface area contributed by atoms with E-state index >= 15 is 0 Å². The zero-order valence-corrected chi connectivity index (χ0v) is 9.06. The van der Waals surface area contributed by atoms with Crippen molar-refractivity contribution < 1.29 is 18.0 Å². The second-order valence-electron chi connectivity index (χ2n) is 3.21. The summed E-state index contributed by atoms with van der Waals surface area (Å²) in [6.45, 7) is 1.28. The Morgan fingerprint density at radius 1 is 1.35 bits per heavy atom. The first-order valence-corrected chi connectivity index (χ1v) is 4.81. The van der Waals surface area contributed by atoms with Crippen LogP contribution in [0.2, 0.25) is 0 Å². The molecule has 0 fully saturated rings. The standard InChI is InChI=1S/C12H10F3NO/c1-2-5-11(17)16-8-9-6-3-4-7-10(9)12(13,14)15/h3-4,6-7H,8H2,1H3,(H,16,17). The Labute approximate surface area is 96.8 Å². The van der Waals surface area contributed by atoms with Crippen molar-refractivity contribution in [1.29, 1.82) is 0 Å². The number of halogens is 3. The van der Waals surface area contributed by atoms with Crippen molar-refractivity contribution in [2.75, 3.05) is 0 Å². The number of alkyl halides is 3. The monoisotopic (exact) mass is 241 g/mol. The molecule has 0 atom stereocenters. The van der Waals surface area contributed by atoms with Crippen LogP contribution in [0.5, 0.6) is 0 Å². The van der Waals surface area contributed by atoms with Crippen molar-refractivity contribution in [2.45, 2.75) is 19.6 Å². The van der Waals surface area contributed by atoms with E-state index in [9.17, 15) is 18.0 Å². The minimum Gasteiger partial charge on any atom is -0.341 e. The van der Waals surface area contributed by atoms with Gasteiger partial charge in [0.15, 0.2) is 0 Å². The summed E-state index contributed by atoms with van der Waals surface area (Å²) in [4.78, 5) is 11.0. The van der Waals surface area contributed by atoms with Gasteiger partial charge in [0.05, 0.1) is 5.56 Å². The summed E-state index contributed by atoms with van der Waals surface area (Å²) in [7, 11) is 0. The summed E-state index contributed by atoms with van der Waals surface area (Å²) in [5, 5.41) is 2.30. The van der Waals surface area contributed by atoms with Crippen molar-refractivity contribution in [2.24, 2.45) is 0 Å². The van der Waals surface area contributed by atoms with Gasteiger partial charge in [0, 0.05) is 6.54 Å². The first-order chi connectivity index (χ1) is 7.95. The van der Waals surface area contributed by atoms with Gasteiger partial charge < -0.3 is 5.32 Å². The van der Waals surface area contributed by atoms with E-state index in [0.29, 0.717) is 0 Å². The topological polar surface area (TPSA) is 29.1 Å². The maximum Gasteiger partial charge on any atom is 0.416 e. The Morgan fingerprint density at radius 3 is 2.59 bits per heavy atom. The van der Waals surface area contributed by atoms with Crippen LogP contribution in [0.15, 0.2) is 24.3 Å². The number of hydrogen-bond acceptors (Lipinski definition) is 1. The highest BCUT2D eigenvalue weighted by molar-refractivity contribution is 5.93. The Kier molecular flexibility index (Phi) is 4.16. The molecule has 0 radical (unpaired) electrons. The lowest BCUT2D eigenvalue weighted by Gasteiger charge is -2.12. The predicted octanol–water partition coefficient (Wildman–Crippen LogP) is 2.34. The number of carbonyl (C=O) groups is 1. The van der Waals surface area contributed by atoms with Gasteiger partial charge in [-0.15, -0.1) is 0 Å². The molecule has 1 N–H and O–H groups in total. The SMILES string of the molecule is CC#CC(=O)NCc1ccccc1C(F)(F)F. The number of amides is 1. The number of nitrogens with one attached hydrogen (secondary N) is 1. The average Bonchev–Trinajstić information content (AvgIpc) is 2.26. The molecule has 0 spiro atoms. The number of rotatable bonds is 2. The smallest absolute Gasteiger partial charge is 0.341 e. The molecule has 0 saturated heterocycles. The minimum absolute atomic E-state index is 0.0197. The summed E-state index contributed by atoms with van der Waals surface area (Å²) in [6.07, 6.45) is -4.42. The molecule has 17 heavy (non-hydrogen) atoms. The quantitative estimate of drug-likeness (QED) is 0.791. The van der Waals surface area contributed by atoms with Crippen LogP contribution in [-0.4, -0.2) is 5.91 Å². The molecular formula is C12H10F3NO. The van der Waals surface area contributed by atoms with Gasteiger partial charge in [0.25, 0.3) is 5.91 Å². The van der Waals surface area contributed by atoms with E-state index in [0.717, 1.165) is 6.07 Å². The zero-order valence-electron chi connectivity index (χ0n) is 9.06. The average molecular weight is 241 g/mol. The van der Waals surface area contributed by atoms with Gasteiger partial charge >= 0.3 is 6.18 Å². The maximum absolute atomic E-state index is 12.6. The third-order valence-corrected chi connectivity index (χ3v) is 2.00. The van der Waals surface area contributed by atoms with Gasteiger partial charge in [-0.25, -0.2) is 0 Å². The lowest BCUT2D eigenvalue weighted by molar-refractivity contribution is -0.138. The molecule has 0 aliphatic rings. The fourth-order valence-electron chi connectivity index (χ4n) is 1.28. The summed E-state index contributed by atoms with van der Waals surface area (Å²) in [5.74, 6) is 3.96. The molecule has 0 bridgehead atoms. The Balaban J connectivity index is 2.84. The minimum atomic E-state index is -4.42. The number of carbonyl (C=O) groups excluding carboxylic acids is 1. The largest absolute Gasteiger partial charge is 0.416 e. The summed E-state index contributed by atoms with van der Waals surface area (Å²) in [5.41, 5.74) is -0.726. The lowest BCUT2D eigenvalue weighted by atomic mass is 10.1. The second-order valence-corrected chi connectivity index (χ2v) is 3.21. The van der Waals surface area contributed by atoms with E-state index in [-0.39, 0.29) is 12.1 Å². The Hall–Kier alpha value is -1.96. The number of hydrogen-bond donors (Lipinski definition) is 1. The van der Waals surface area contributed by atoms with E-state index in [1.165, 1.54) is 25.1 Å². The van der Waals surface area contributed by atoms with Gasteiger partial charge in [-0.2, -0.15) is 13.2 Å². The van der Waals surface area contributed by atoms with Crippen molar-refractivity contribution in [3.8, 4) is 11.8 Å². The van der Waals surface area contributed by atoms with Crippen molar-refractivity contribution in [1.82, 2.24) is 5.32 Å². The van der Waals surface area contributed by atoms with Crippen LogP contribution in [0.4, 0.5) is 13.2 Å². The van der Waals surface area contributed by atoms with Gasteiger partial charge in [-0.1, -0.05) is 24.1 Å². The molecule has 1 rings (SSSR count). The third-order valence-electron chi connectivity index (χ3n) is 2.00. The van der Waals surface area contributed by atoms with Gasteiger partial charge in [-0.05, 0) is 24.5 Å². The van der Waals surface area contributed by atoms with Crippen LogP contribution in [0.3, 0.4) is 0 Å². The van der Waals surface area contributed by atoms with E-state index in [4.69, 9.17) is 0 Å². The summed E-state index contributed by atoms with van der Waals surface area (Å²) >= 11 is 0. The third kappa shape index (κ3) is 3.83. The predicted molar refractivity (Wildman–Crippen MR) is 56.7 cm³/mol. The summed E-state index contributed by atoms with van der Waals surface area (Å²) < 4.78 is 37.7. The van der Waals surface area contributed by atoms with Crippen LogP contribution in [0, 0.1) is 11.8 Å². The molecule has 1 amide bonds. The molecule has 2 nitrogen and oxygen atoms in total. The normalized spacial score (nSPS) is 10.4. The molecule has 1 aromatic rings. The Morgan fingerprint density at radius 2 is 2.00 bits per heavy atom. The molecule has 90 valence electrons. The van der Waals surface area contributed by atoms with E-state index < -0.39 is 17.6 Å². The number of benzene rings is 1. The molecule has 0 aromatic heterocycles. The van der Waals surface area contributed by atoms with Crippen LogP contribution >= 0.6 is 0 Å². The molecule has 1 aromatic carbocycles. The van der Waals surface area contributed by atoms with Crippen molar-refractivity contribution in [3.05, 3.63) is 35.4 Å². The highest BCUT2D eigenvalue weighted by Crippen LogP contribution is 2.31. The molecule has 0 aliphatic heterocycles.